The zero-order valence-electron chi connectivity index (χ0n) is 17.6. The summed E-state index contributed by atoms with van der Waals surface area (Å²) in [7, 11) is 1.44. The average Bonchev–Trinajstić information content (AvgIpc) is 3.03. The number of methoxy groups -OCH3 is 1. The van der Waals surface area contributed by atoms with Crippen LogP contribution in [-0.4, -0.2) is 25.3 Å². The van der Waals surface area contributed by atoms with Gasteiger partial charge in [-0.05, 0) is 36.6 Å². The third-order valence-corrected chi connectivity index (χ3v) is 4.53. The molecule has 0 N–H and O–H groups in total. The normalized spacial score (nSPS) is 15.1. The second-order valence-corrected chi connectivity index (χ2v) is 7.39. The highest BCUT2D eigenvalue weighted by atomic mass is 19.2. The SMILES string of the molecule is COc1cc(/C=C2/C(=O)N(c3c(F)c(F)c(F)c(F)c3F)N=C2C)ccc1OCC(C)C. The van der Waals surface area contributed by atoms with E-state index >= 15 is 0 Å². The van der Waals surface area contributed by atoms with Crippen LogP contribution in [0.3, 0.4) is 0 Å². The van der Waals surface area contributed by atoms with Gasteiger partial charge in [0.2, 0.25) is 5.82 Å². The first-order chi connectivity index (χ1) is 15.1. The molecule has 0 saturated carbocycles. The van der Waals surface area contributed by atoms with Gasteiger partial charge in [-0.2, -0.15) is 10.1 Å². The van der Waals surface area contributed by atoms with Crippen molar-refractivity contribution in [2.45, 2.75) is 20.8 Å². The lowest BCUT2D eigenvalue weighted by Crippen LogP contribution is -2.25. The molecule has 0 bridgehead atoms. The molecule has 0 radical (unpaired) electrons. The fraction of sp³-hybridized carbons (Fsp3) is 0.273. The number of ether oxygens (including phenoxy) is 2. The minimum atomic E-state index is -2.32. The van der Waals surface area contributed by atoms with Crippen molar-refractivity contribution in [3.8, 4) is 11.5 Å². The van der Waals surface area contributed by atoms with Gasteiger partial charge in [-0.25, -0.2) is 22.0 Å². The molecule has 5 nitrogen and oxygen atoms in total. The maximum Gasteiger partial charge on any atom is 0.280 e. The first-order valence-corrected chi connectivity index (χ1v) is 9.50. The van der Waals surface area contributed by atoms with E-state index in [0.717, 1.165) is 0 Å². The van der Waals surface area contributed by atoms with Crippen LogP contribution in [0, 0.1) is 35.0 Å². The van der Waals surface area contributed by atoms with Crippen molar-refractivity contribution in [3.63, 3.8) is 0 Å². The van der Waals surface area contributed by atoms with Crippen LogP contribution in [0.25, 0.3) is 6.08 Å². The smallest absolute Gasteiger partial charge is 0.280 e. The summed E-state index contributed by atoms with van der Waals surface area (Å²) in [5, 5.41) is 3.86. The van der Waals surface area contributed by atoms with E-state index < -0.39 is 40.7 Å². The number of anilines is 1. The van der Waals surface area contributed by atoms with E-state index in [2.05, 4.69) is 5.10 Å². The Labute approximate surface area is 180 Å². The standard InChI is InChI=1S/C22H19F5N2O3/c1-10(2)9-32-14-6-5-12(8-15(14)31-4)7-13-11(3)28-29(22(13)30)21-19(26)17(24)16(23)18(25)20(21)27/h5-8,10H,9H2,1-4H3/b13-7+. The van der Waals surface area contributed by atoms with Gasteiger partial charge in [-0.1, -0.05) is 19.9 Å². The van der Waals surface area contributed by atoms with E-state index in [4.69, 9.17) is 9.47 Å². The summed E-state index contributed by atoms with van der Waals surface area (Å²) in [6, 6.07) is 4.82. The summed E-state index contributed by atoms with van der Waals surface area (Å²) >= 11 is 0. The van der Waals surface area contributed by atoms with Gasteiger partial charge in [0.05, 0.1) is 25.0 Å². The summed E-state index contributed by atoms with van der Waals surface area (Å²) < 4.78 is 79.7. The van der Waals surface area contributed by atoms with Crippen LogP contribution in [0.1, 0.15) is 26.3 Å². The molecule has 0 fully saturated rings. The van der Waals surface area contributed by atoms with Crippen molar-refractivity contribution in [2.24, 2.45) is 11.0 Å². The lowest BCUT2D eigenvalue weighted by Gasteiger charge is -2.15. The second kappa shape index (κ2) is 8.97. The van der Waals surface area contributed by atoms with Gasteiger partial charge in [0, 0.05) is 0 Å². The van der Waals surface area contributed by atoms with Crippen molar-refractivity contribution >= 4 is 23.4 Å². The van der Waals surface area contributed by atoms with Gasteiger partial charge in [-0.3, -0.25) is 4.79 Å². The molecule has 0 unspecified atom stereocenters. The molecule has 2 aromatic rings. The van der Waals surface area contributed by atoms with Crippen LogP contribution in [0.4, 0.5) is 27.6 Å². The third-order valence-electron chi connectivity index (χ3n) is 4.53. The molecule has 0 aromatic heterocycles. The number of nitrogens with zero attached hydrogens (tertiary/aromatic N) is 2. The number of carbonyl (C=O) groups excluding carboxylic acids is 1. The molecular weight excluding hydrogens is 435 g/mol. The molecule has 32 heavy (non-hydrogen) atoms. The number of rotatable bonds is 6. The predicted molar refractivity (Wildman–Crippen MR) is 108 cm³/mol. The summed E-state index contributed by atoms with van der Waals surface area (Å²) in [6.45, 7) is 5.79. The van der Waals surface area contributed by atoms with Crippen molar-refractivity contribution in [2.75, 3.05) is 18.7 Å². The van der Waals surface area contributed by atoms with Crippen LogP contribution >= 0.6 is 0 Å². The molecule has 10 heteroatoms. The van der Waals surface area contributed by atoms with Gasteiger partial charge in [-0.15, -0.1) is 0 Å². The molecular formula is C22H19F5N2O3. The van der Waals surface area contributed by atoms with Crippen molar-refractivity contribution < 1.29 is 36.2 Å². The molecule has 0 atom stereocenters. The molecule has 3 rings (SSSR count). The van der Waals surface area contributed by atoms with E-state index in [1.54, 1.807) is 18.2 Å². The van der Waals surface area contributed by atoms with Gasteiger partial charge in [0.1, 0.15) is 5.69 Å². The summed E-state index contributed by atoms with van der Waals surface area (Å²) in [5.74, 6) is -10.9. The minimum Gasteiger partial charge on any atom is -0.493 e. The summed E-state index contributed by atoms with van der Waals surface area (Å²) in [6.07, 6.45) is 1.36. The number of hydrazone groups is 1. The molecule has 0 spiro atoms. The number of carbonyl (C=O) groups is 1. The maximum atomic E-state index is 14.1. The molecule has 0 saturated heterocycles. The fourth-order valence-corrected chi connectivity index (χ4v) is 2.93. The predicted octanol–water partition coefficient (Wildman–Crippen LogP) is 5.23. The topological polar surface area (TPSA) is 51.1 Å². The number of hydrogen-bond donors (Lipinski definition) is 0. The number of benzene rings is 2. The summed E-state index contributed by atoms with van der Waals surface area (Å²) in [4.78, 5) is 12.7. The van der Waals surface area contributed by atoms with Crippen molar-refractivity contribution in [3.05, 3.63) is 58.4 Å². The minimum absolute atomic E-state index is 0.0260. The van der Waals surface area contributed by atoms with Crippen LogP contribution in [0.15, 0.2) is 28.9 Å². The number of amides is 1. The highest BCUT2D eigenvalue weighted by molar-refractivity contribution is 6.32. The first kappa shape index (κ1) is 23.2. The molecule has 1 amide bonds. The van der Waals surface area contributed by atoms with E-state index in [0.29, 0.717) is 23.7 Å². The number of hydrogen-bond acceptors (Lipinski definition) is 4. The average molecular weight is 454 g/mol. The highest BCUT2D eigenvalue weighted by Crippen LogP contribution is 2.35. The van der Waals surface area contributed by atoms with Crippen LogP contribution < -0.4 is 14.5 Å². The monoisotopic (exact) mass is 454 g/mol. The quantitative estimate of drug-likeness (QED) is 0.260. The maximum absolute atomic E-state index is 14.1. The summed E-state index contributed by atoms with van der Waals surface area (Å²) in [5.41, 5.74) is -1.04. The molecule has 0 aliphatic carbocycles. The van der Waals surface area contributed by atoms with Crippen LogP contribution in [-0.2, 0) is 4.79 Å². The largest absolute Gasteiger partial charge is 0.493 e. The highest BCUT2D eigenvalue weighted by Gasteiger charge is 2.37. The van der Waals surface area contributed by atoms with E-state index in [1.807, 2.05) is 13.8 Å². The Bertz CT molecular complexity index is 1120. The fourth-order valence-electron chi connectivity index (χ4n) is 2.93. The van der Waals surface area contributed by atoms with Crippen LogP contribution in [0.2, 0.25) is 0 Å². The van der Waals surface area contributed by atoms with Gasteiger partial charge in [0.15, 0.2) is 34.8 Å². The van der Waals surface area contributed by atoms with E-state index in [9.17, 15) is 26.7 Å². The van der Waals surface area contributed by atoms with Crippen molar-refractivity contribution in [1.29, 1.82) is 0 Å². The zero-order chi connectivity index (χ0) is 23.7. The zero-order valence-corrected chi connectivity index (χ0v) is 17.6. The Morgan fingerprint density at radius 1 is 1.00 bits per heavy atom. The molecule has 1 aliphatic heterocycles. The van der Waals surface area contributed by atoms with E-state index in [1.165, 1.54) is 20.1 Å². The second-order valence-electron chi connectivity index (χ2n) is 7.39. The molecule has 1 heterocycles. The van der Waals surface area contributed by atoms with Gasteiger partial charge in [0.25, 0.3) is 5.91 Å². The third kappa shape index (κ3) is 4.17. The van der Waals surface area contributed by atoms with E-state index in [-0.39, 0.29) is 22.2 Å². The van der Waals surface area contributed by atoms with Crippen LogP contribution in [0.5, 0.6) is 11.5 Å². The van der Waals surface area contributed by atoms with Crippen molar-refractivity contribution in [1.82, 2.24) is 0 Å². The first-order valence-electron chi connectivity index (χ1n) is 9.50. The molecule has 170 valence electrons. The Kier molecular flexibility index (Phi) is 6.52. The number of halogens is 5. The Balaban J connectivity index is 1.98. The molecule has 2 aromatic carbocycles. The Hall–Kier alpha value is -3.43. The molecule has 1 aliphatic rings. The van der Waals surface area contributed by atoms with Gasteiger partial charge < -0.3 is 9.47 Å². The Morgan fingerprint density at radius 3 is 2.16 bits per heavy atom. The lowest BCUT2D eigenvalue weighted by molar-refractivity contribution is -0.114. The van der Waals surface area contributed by atoms with Gasteiger partial charge >= 0.3 is 0 Å². The Morgan fingerprint density at radius 2 is 1.59 bits per heavy atom. The lowest BCUT2D eigenvalue weighted by atomic mass is 10.1.